The highest BCUT2D eigenvalue weighted by atomic mass is 15.0. The van der Waals surface area contributed by atoms with E-state index in [2.05, 4.69) is 277 Å². The number of nitrogens with zero attached hydrogens (tertiary/aromatic N) is 4. The van der Waals surface area contributed by atoms with Crippen molar-refractivity contribution in [2.24, 2.45) is 11.8 Å². The normalized spacial score (nSPS) is 17.9. The molecule has 0 saturated carbocycles. The second kappa shape index (κ2) is 20.9. The maximum Gasteiger partial charge on any atom is 0.137 e. The highest BCUT2D eigenvalue weighted by Crippen LogP contribution is 2.49. The van der Waals surface area contributed by atoms with Crippen LogP contribution >= 0.6 is 0 Å². The monoisotopic (exact) mass is 998 g/mol. The fourth-order valence-electron chi connectivity index (χ4n) is 11.6. The van der Waals surface area contributed by atoms with Crippen LogP contribution in [0.4, 0.5) is 0 Å². The SMILES string of the molecule is C=C/C=C\C=C1/C=C(c2ccc(-c3nc4ccccn4c3-c3ccccc3)cc2)C2C=CC=CC2=C1c1ccc(C2=C/C(=C\C=C/C=C)C(c3ccc(-c4nc5ccccn5c4-c4ccccc4)cc3)=C3C=CC=CC23)cc1. The minimum atomic E-state index is 0.0562. The first-order chi connectivity index (χ1) is 38.6. The van der Waals surface area contributed by atoms with Crippen LogP contribution in [-0.4, -0.2) is 18.8 Å². The van der Waals surface area contributed by atoms with Gasteiger partial charge in [0, 0.05) is 46.5 Å². The van der Waals surface area contributed by atoms with Crippen molar-refractivity contribution in [3.63, 3.8) is 0 Å². The number of pyridine rings is 2. The number of allylic oxidation sites excluding steroid dienone is 26. The minimum Gasteiger partial charge on any atom is -0.299 e. The summed E-state index contributed by atoms with van der Waals surface area (Å²) >= 11 is 0. The van der Waals surface area contributed by atoms with Gasteiger partial charge in [-0.2, -0.15) is 0 Å². The molecule has 370 valence electrons. The minimum absolute atomic E-state index is 0.0562. The summed E-state index contributed by atoms with van der Waals surface area (Å²) < 4.78 is 4.37. The van der Waals surface area contributed by atoms with Gasteiger partial charge in [0.15, 0.2) is 0 Å². The first-order valence-electron chi connectivity index (χ1n) is 26.6. The molecule has 4 heterocycles. The van der Waals surface area contributed by atoms with Gasteiger partial charge in [-0.1, -0.05) is 256 Å². The molecule has 0 fully saturated rings. The van der Waals surface area contributed by atoms with Crippen molar-refractivity contribution in [3.8, 4) is 45.0 Å². The number of fused-ring (bicyclic) bond motifs is 4. The fourth-order valence-corrected chi connectivity index (χ4v) is 11.6. The molecule has 4 aromatic heterocycles. The van der Waals surface area contributed by atoms with Gasteiger partial charge in [0.25, 0.3) is 0 Å². The Bertz CT molecular complexity index is 4220. The largest absolute Gasteiger partial charge is 0.299 e. The van der Waals surface area contributed by atoms with E-state index in [0.29, 0.717) is 0 Å². The van der Waals surface area contributed by atoms with Gasteiger partial charge in [0.2, 0.25) is 0 Å². The second-order valence-electron chi connectivity index (χ2n) is 19.7. The molecule has 2 unspecified atom stereocenters. The molecule has 0 amide bonds. The highest BCUT2D eigenvalue weighted by molar-refractivity contribution is 5.99. The van der Waals surface area contributed by atoms with E-state index in [9.17, 15) is 0 Å². The molecule has 78 heavy (non-hydrogen) atoms. The third kappa shape index (κ3) is 8.75. The molecule has 0 bridgehead atoms. The van der Waals surface area contributed by atoms with Crippen LogP contribution in [0.3, 0.4) is 0 Å². The van der Waals surface area contributed by atoms with Crippen molar-refractivity contribution in [1.29, 1.82) is 0 Å². The van der Waals surface area contributed by atoms with Gasteiger partial charge in [0.05, 0.1) is 22.8 Å². The summed E-state index contributed by atoms with van der Waals surface area (Å²) in [7, 11) is 0. The molecule has 0 aliphatic heterocycles. The zero-order valence-corrected chi connectivity index (χ0v) is 43.1. The van der Waals surface area contributed by atoms with Gasteiger partial charge < -0.3 is 0 Å². The maximum absolute atomic E-state index is 5.16. The van der Waals surface area contributed by atoms with Gasteiger partial charge in [0.1, 0.15) is 11.3 Å². The van der Waals surface area contributed by atoms with Crippen molar-refractivity contribution in [1.82, 2.24) is 18.8 Å². The van der Waals surface area contributed by atoms with Gasteiger partial charge in [-0.3, -0.25) is 8.80 Å². The molecule has 4 aliphatic rings. The Hall–Kier alpha value is -10.2. The van der Waals surface area contributed by atoms with Crippen molar-refractivity contribution in [3.05, 3.63) is 349 Å². The average Bonchev–Trinajstić information content (AvgIpc) is 4.22. The lowest BCUT2D eigenvalue weighted by atomic mass is 9.72. The topological polar surface area (TPSA) is 34.6 Å². The molecule has 0 radical (unpaired) electrons. The summed E-state index contributed by atoms with van der Waals surface area (Å²) in [5, 5.41) is 0. The lowest BCUT2D eigenvalue weighted by molar-refractivity contribution is 1.00. The predicted molar refractivity (Wildman–Crippen MR) is 327 cm³/mol. The molecule has 0 N–H and O–H groups in total. The summed E-state index contributed by atoms with van der Waals surface area (Å²) in [5.74, 6) is 0.119. The number of imidazole rings is 2. The number of rotatable bonds is 12. The predicted octanol–water partition coefficient (Wildman–Crippen LogP) is 18.2. The summed E-state index contributed by atoms with van der Waals surface area (Å²) in [6, 6.07) is 60.6. The third-order valence-corrected chi connectivity index (χ3v) is 15.1. The second-order valence-corrected chi connectivity index (χ2v) is 19.7. The molecular formula is C74H54N4. The van der Waals surface area contributed by atoms with Crippen LogP contribution in [0.5, 0.6) is 0 Å². The van der Waals surface area contributed by atoms with Crippen LogP contribution in [0.2, 0.25) is 0 Å². The van der Waals surface area contributed by atoms with Crippen molar-refractivity contribution in [2.75, 3.05) is 0 Å². The number of aromatic nitrogens is 4. The van der Waals surface area contributed by atoms with Crippen LogP contribution < -0.4 is 0 Å². The quantitative estimate of drug-likeness (QED) is 0.114. The molecule has 0 saturated heterocycles. The van der Waals surface area contributed by atoms with E-state index < -0.39 is 0 Å². The molecule has 4 heteroatoms. The smallest absolute Gasteiger partial charge is 0.137 e. The Kier molecular flexibility index (Phi) is 12.7. The van der Waals surface area contributed by atoms with Gasteiger partial charge in [-0.05, 0) is 103 Å². The van der Waals surface area contributed by atoms with Crippen LogP contribution in [-0.2, 0) is 0 Å². The Morgan fingerprint density at radius 1 is 0.372 bits per heavy atom. The van der Waals surface area contributed by atoms with E-state index in [-0.39, 0.29) is 11.8 Å². The molecular weight excluding hydrogens is 945 g/mol. The molecule has 4 aliphatic carbocycles. The van der Waals surface area contributed by atoms with E-state index in [1.165, 1.54) is 50.1 Å². The Labute approximate surface area is 456 Å². The molecule has 9 aromatic rings. The van der Waals surface area contributed by atoms with Crippen LogP contribution in [0.25, 0.3) is 78.6 Å². The zero-order valence-electron chi connectivity index (χ0n) is 43.1. The molecule has 0 spiro atoms. The molecule has 2 atom stereocenters. The van der Waals surface area contributed by atoms with E-state index in [4.69, 9.17) is 9.97 Å². The third-order valence-electron chi connectivity index (χ3n) is 15.1. The molecule has 13 rings (SSSR count). The van der Waals surface area contributed by atoms with Crippen LogP contribution in [0, 0.1) is 11.8 Å². The van der Waals surface area contributed by atoms with Gasteiger partial charge >= 0.3 is 0 Å². The average molecular weight is 999 g/mol. The first kappa shape index (κ1) is 47.5. The Morgan fingerprint density at radius 2 is 0.756 bits per heavy atom. The van der Waals surface area contributed by atoms with Crippen LogP contribution in [0.15, 0.2) is 327 Å². The first-order valence-corrected chi connectivity index (χ1v) is 26.6. The summed E-state index contributed by atoms with van der Waals surface area (Å²) in [5.41, 5.74) is 24.8. The summed E-state index contributed by atoms with van der Waals surface area (Å²) in [6.07, 6.45) is 43.2. The van der Waals surface area contributed by atoms with E-state index in [1.807, 2.05) is 36.4 Å². The van der Waals surface area contributed by atoms with Gasteiger partial charge in [-0.25, -0.2) is 9.97 Å². The number of hydrogen-bond donors (Lipinski definition) is 0. The van der Waals surface area contributed by atoms with Gasteiger partial charge in [-0.15, -0.1) is 0 Å². The Morgan fingerprint density at radius 3 is 1.17 bits per heavy atom. The van der Waals surface area contributed by atoms with E-state index in [0.717, 1.165) is 73.0 Å². The van der Waals surface area contributed by atoms with E-state index in [1.54, 1.807) is 0 Å². The molecule has 5 aromatic carbocycles. The molecule has 4 nitrogen and oxygen atoms in total. The van der Waals surface area contributed by atoms with E-state index >= 15 is 0 Å². The summed E-state index contributed by atoms with van der Waals surface area (Å²) in [6.45, 7) is 7.96. The van der Waals surface area contributed by atoms with Crippen molar-refractivity contribution >= 4 is 33.6 Å². The van der Waals surface area contributed by atoms with Crippen LogP contribution in [0.1, 0.15) is 22.3 Å². The lowest BCUT2D eigenvalue weighted by Gasteiger charge is -2.31. The standard InChI is InChI=1S/C74H54N4/c1-3-5-9-27-59-50-66(52-37-43-55(44-38-52)71-73(57-23-11-7-12-24-57)77-47-21-19-33-67(77)75-71)62-30-16-17-31-63(62)69(59)53-39-35-51(36-40-53)65-49-60(28-10-6-4-2)70(64-32-18-15-29-61(64)65)54-41-45-56(46-42-54)72-74(58-25-13-8-14-26-58)78-48-22-20-34-68(78)76-72/h3-50,61-62H,1-2H2/b9-5-,10-6-,59-27+,60-28+. The number of benzene rings is 5. The highest BCUT2D eigenvalue weighted by Gasteiger charge is 2.31. The fraction of sp³-hybridized carbons (Fsp3) is 0.0270. The zero-order chi connectivity index (χ0) is 52.4. The number of hydrogen-bond acceptors (Lipinski definition) is 2. The van der Waals surface area contributed by atoms with Crippen molar-refractivity contribution < 1.29 is 0 Å². The maximum atomic E-state index is 5.16. The summed E-state index contributed by atoms with van der Waals surface area (Å²) in [4.78, 5) is 10.3. The van der Waals surface area contributed by atoms with Crippen molar-refractivity contribution in [2.45, 2.75) is 0 Å². The Balaban J connectivity index is 0.841. The lowest BCUT2D eigenvalue weighted by Crippen LogP contribution is -2.14.